The van der Waals surface area contributed by atoms with Gasteiger partial charge in [0.1, 0.15) is 11.6 Å². The molecule has 0 heterocycles. The maximum Gasteiger partial charge on any atom is 0.139 e. The van der Waals surface area contributed by atoms with Gasteiger partial charge in [0.05, 0.1) is 0 Å². The van der Waals surface area contributed by atoms with Gasteiger partial charge in [0.15, 0.2) is 0 Å². The minimum Gasteiger partial charge on any atom is -0.300 e. The Bertz CT molecular complexity index is 524. The lowest BCUT2D eigenvalue weighted by molar-refractivity contribution is -0.151. The summed E-state index contributed by atoms with van der Waals surface area (Å²) in [7, 11) is 0. The summed E-state index contributed by atoms with van der Waals surface area (Å²) in [6.07, 6.45) is 8.23. The van der Waals surface area contributed by atoms with Crippen LogP contribution in [0.5, 0.6) is 0 Å². The fourth-order valence-electron chi connectivity index (χ4n) is 7.29. The first kappa shape index (κ1) is 14.9. The molecule has 0 aromatic rings. The maximum absolute atomic E-state index is 12.4. The van der Waals surface area contributed by atoms with Gasteiger partial charge < -0.3 is 0 Å². The van der Waals surface area contributed by atoms with Crippen LogP contribution in [0, 0.1) is 40.4 Å². The second-order valence-corrected chi connectivity index (χ2v) is 9.36. The predicted molar refractivity (Wildman–Crippen MR) is 86.3 cm³/mol. The summed E-state index contributed by atoms with van der Waals surface area (Å²) in [5.41, 5.74) is 0.331. The second kappa shape index (κ2) is 4.68. The first-order valence-electron chi connectivity index (χ1n) is 9.41. The van der Waals surface area contributed by atoms with Crippen molar-refractivity contribution in [1.29, 1.82) is 0 Å². The van der Waals surface area contributed by atoms with Crippen LogP contribution in [0.2, 0.25) is 0 Å². The summed E-state index contributed by atoms with van der Waals surface area (Å²) in [4.78, 5) is 24.4. The van der Waals surface area contributed by atoms with Crippen LogP contribution >= 0.6 is 0 Å². The molecule has 0 amide bonds. The van der Waals surface area contributed by atoms with Gasteiger partial charge in [-0.25, -0.2) is 0 Å². The quantitative estimate of drug-likeness (QED) is 0.664. The molecule has 4 rings (SSSR count). The molecule has 4 aliphatic rings. The normalized spacial score (nSPS) is 54.6. The summed E-state index contributed by atoms with van der Waals surface area (Å²) in [6.45, 7) is 7.12. The predicted octanol–water partition coefficient (Wildman–Crippen LogP) is 4.41. The highest BCUT2D eigenvalue weighted by Crippen LogP contribution is 2.66. The van der Waals surface area contributed by atoms with Gasteiger partial charge in [-0.2, -0.15) is 0 Å². The van der Waals surface area contributed by atoms with Crippen molar-refractivity contribution >= 4 is 11.6 Å². The topological polar surface area (TPSA) is 34.1 Å². The average Bonchev–Trinajstić information content (AvgIpc) is 2.77. The van der Waals surface area contributed by atoms with Crippen molar-refractivity contribution in [2.75, 3.05) is 0 Å². The molecule has 0 radical (unpaired) electrons. The van der Waals surface area contributed by atoms with Gasteiger partial charge in [-0.1, -0.05) is 20.8 Å². The molecule has 2 heteroatoms. The third-order valence-electron chi connectivity index (χ3n) is 8.56. The molecular formula is C20H30O2. The Kier molecular flexibility index (Phi) is 3.17. The Morgan fingerprint density at radius 3 is 2.50 bits per heavy atom. The van der Waals surface area contributed by atoms with Crippen molar-refractivity contribution in [2.24, 2.45) is 40.4 Å². The van der Waals surface area contributed by atoms with Crippen LogP contribution < -0.4 is 0 Å². The molecule has 22 heavy (non-hydrogen) atoms. The molecule has 0 aliphatic heterocycles. The Morgan fingerprint density at radius 1 is 0.955 bits per heavy atom. The zero-order valence-corrected chi connectivity index (χ0v) is 14.4. The number of carbonyl (C=O) groups is 2. The van der Waals surface area contributed by atoms with E-state index < -0.39 is 0 Å². The molecule has 4 saturated carbocycles. The Morgan fingerprint density at radius 2 is 1.73 bits per heavy atom. The monoisotopic (exact) mass is 302 g/mol. The molecule has 0 bridgehead atoms. The zero-order chi connectivity index (χ0) is 15.7. The number of carbonyl (C=O) groups excluding carboxylic acids is 2. The Labute approximate surface area is 134 Å². The van der Waals surface area contributed by atoms with Crippen LogP contribution in [-0.4, -0.2) is 11.6 Å². The van der Waals surface area contributed by atoms with Gasteiger partial charge in [-0.05, 0) is 67.1 Å². The lowest BCUT2D eigenvalue weighted by Crippen LogP contribution is -2.55. The van der Waals surface area contributed by atoms with Crippen LogP contribution in [0.15, 0.2) is 0 Å². The van der Waals surface area contributed by atoms with Crippen molar-refractivity contribution in [1.82, 2.24) is 0 Å². The largest absolute Gasteiger partial charge is 0.300 e. The van der Waals surface area contributed by atoms with E-state index in [-0.39, 0.29) is 5.41 Å². The van der Waals surface area contributed by atoms with Gasteiger partial charge in [-0.15, -0.1) is 0 Å². The zero-order valence-electron chi connectivity index (χ0n) is 14.4. The third-order valence-corrected chi connectivity index (χ3v) is 8.56. The van der Waals surface area contributed by atoms with E-state index in [1.165, 1.54) is 12.8 Å². The van der Waals surface area contributed by atoms with E-state index in [9.17, 15) is 9.59 Å². The number of rotatable bonds is 0. The summed E-state index contributed by atoms with van der Waals surface area (Å²) in [5, 5.41) is 0. The van der Waals surface area contributed by atoms with E-state index in [4.69, 9.17) is 0 Å². The summed E-state index contributed by atoms with van der Waals surface area (Å²) >= 11 is 0. The first-order valence-corrected chi connectivity index (χ1v) is 9.41. The van der Waals surface area contributed by atoms with Crippen LogP contribution in [0.4, 0.5) is 0 Å². The van der Waals surface area contributed by atoms with E-state index in [0.717, 1.165) is 50.4 Å². The highest BCUT2D eigenvalue weighted by Gasteiger charge is 2.61. The highest BCUT2D eigenvalue weighted by molar-refractivity contribution is 5.87. The van der Waals surface area contributed by atoms with Crippen LogP contribution in [-0.2, 0) is 9.59 Å². The molecule has 122 valence electrons. The smallest absolute Gasteiger partial charge is 0.139 e. The SMILES string of the molecule is C[C@@H]1C[C@@H]2[C@H](CC[C@]3(C)C(=O)CC[C@@H]23)[C@@]2(C)CCC(=O)CC12. The van der Waals surface area contributed by atoms with E-state index in [2.05, 4.69) is 20.8 Å². The molecule has 0 spiro atoms. The van der Waals surface area contributed by atoms with E-state index in [1.54, 1.807) is 0 Å². The van der Waals surface area contributed by atoms with Crippen molar-refractivity contribution in [2.45, 2.75) is 72.1 Å². The van der Waals surface area contributed by atoms with Gasteiger partial charge in [0.2, 0.25) is 0 Å². The molecule has 0 aromatic heterocycles. The minimum atomic E-state index is -0.0193. The van der Waals surface area contributed by atoms with Crippen LogP contribution in [0.3, 0.4) is 0 Å². The van der Waals surface area contributed by atoms with Crippen LogP contribution in [0.25, 0.3) is 0 Å². The first-order chi connectivity index (χ1) is 10.4. The average molecular weight is 302 g/mol. The Balaban J connectivity index is 1.69. The molecule has 0 saturated heterocycles. The molecule has 2 nitrogen and oxygen atoms in total. The summed E-state index contributed by atoms with van der Waals surface area (Å²) in [6, 6.07) is 0. The van der Waals surface area contributed by atoms with Gasteiger partial charge >= 0.3 is 0 Å². The summed E-state index contributed by atoms with van der Waals surface area (Å²) < 4.78 is 0. The number of Topliss-reactive ketones (excluding diaryl/α,β-unsaturated/α-hetero) is 2. The highest BCUT2D eigenvalue weighted by atomic mass is 16.1. The van der Waals surface area contributed by atoms with Gasteiger partial charge in [-0.3, -0.25) is 9.59 Å². The van der Waals surface area contributed by atoms with Crippen molar-refractivity contribution < 1.29 is 9.59 Å². The fourth-order valence-corrected chi connectivity index (χ4v) is 7.29. The number of ketones is 2. The molecule has 1 unspecified atom stereocenters. The molecule has 0 aromatic carbocycles. The fraction of sp³-hybridized carbons (Fsp3) is 0.900. The van der Waals surface area contributed by atoms with Crippen LogP contribution in [0.1, 0.15) is 72.1 Å². The van der Waals surface area contributed by atoms with Gasteiger partial charge in [0.25, 0.3) is 0 Å². The molecule has 0 N–H and O–H groups in total. The number of fused-ring (bicyclic) bond motifs is 5. The number of hydrogen-bond donors (Lipinski definition) is 0. The molecule has 7 atom stereocenters. The molecule has 4 aliphatic carbocycles. The third kappa shape index (κ3) is 1.79. The van der Waals surface area contributed by atoms with E-state index in [1.807, 2.05) is 0 Å². The summed E-state index contributed by atoms with van der Waals surface area (Å²) in [5.74, 6) is 4.38. The van der Waals surface area contributed by atoms with E-state index >= 15 is 0 Å². The van der Waals surface area contributed by atoms with E-state index in [0.29, 0.717) is 34.7 Å². The van der Waals surface area contributed by atoms with Crippen molar-refractivity contribution in [3.8, 4) is 0 Å². The van der Waals surface area contributed by atoms with Crippen molar-refractivity contribution in [3.05, 3.63) is 0 Å². The molecule has 4 fully saturated rings. The molecular weight excluding hydrogens is 272 g/mol. The maximum atomic E-state index is 12.4. The van der Waals surface area contributed by atoms with Crippen molar-refractivity contribution in [3.63, 3.8) is 0 Å². The second-order valence-electron chi connectivity index (χ2n) is 9.36. The Hall–Kier alpha value is -0.660. The lowest BCUT2D eigenvalue weighted by atomic mass is 9.43. The minimum absolute atomic E-state index is 0.0193. The van der Waals surface area contributed by atoms with Gasteiger partial charge in [0, 0.05) is 24.7 Å². The lowest BCUT2D eigenvalue weighted by Gasteiger charge is -2.61. The number of hydrogen-bond acceptors (Lipinski definition) is 2. The standard InChI is InChI=1S/C20H30O2/c1-12-10-14-15-4-5-18(22)20(15,3)9-7-16(14)19(2)8-6-13(21)11-17(12)19/h12,14-17H,4-11H2,1-3H3/t12-,14+,15+,16+,17?,19-,20+/m1/s1.